The van der Waals surface area contributed by atoms with Crippen LogP contribution in [0.3, 0.4) is 0 Å². The van der Waals surface area contributed by atoms with Crippen LogP contribution >= 0.6 is 0 Å². The molecule has 2 N–H and O–H groups in total. The van der Waals surface area contributed by atoms with Crippen molar-refractivity contribution < 1.29 is 23.1 Å². The van der Waals surface area contributed by atoms with Crippen LogP contribution in [0.1, 0.15) is 19.3 Å². The Kier molecular flexibility index (Phi) is 4.42. The van der Waals surface area contributed by atoms with Gasteiger partial charge in [0.25, 0.3) is 5.92 Å². The van der Waals surface area contributed by atoms with Crippen LogP contribution in [0, 0.1) is 11.3 Å². The van der Waals surface area contributed by atoms with Gasteiger partial charge in [-0.1, -0.05) is 0 Å². The van der Waals surface area contributed by atoms with E-state index in [4.69, 9.17) is 11.0 Å². The predicted octanol–water partition coefficient (Wildman–Crippen LogP) is 0.622. The van der Waals surface area contributed by atoms with E-state index in [1.807, 2.05) is 0 Å². The lowest BCUT2D eigenvalue weighted by molar-refractivity contribution is -0.132. The normalized spacial score (nSPS) is 21.4. The highest BCUT2D eigenvalue weighted by Crippen LogP contribution is 2.32. The summed E-state index contributed by atoms with van der Waals surface area (Å²) in [5.74, 6) is -3.56. The molecule has 0 saturated carbocycles. The Morgan fingerprint density at radius 3 is 2.78 bits per heavy atom. The first kappa shape index (κ1) is 14.2. The van der Waals surface area contributed by atoms with Crippen molar-refractivity contribution in [3.8, 4) is 6.07 Å². The third kappa shape index (κ3) is 3.84. The molecule has 1 atom stereocenters. The average Bonchev–Trinajstić information content (AvgIpc) is 2.59. The van der Waals surface area contributed by atoms with Gasteiger partial charge in [0.05, 0.1) is 19.2 Å². The Morgan fingerprint density at radius 1 is 1.56 bits per heavy atom. The molecule has 0 aromatic heterocycles. The number of ether oxygens (including phenoxy) is 1. The van der Waals surface area contributed by atoms with E-state index in [1.165, 1.54) is 0 Å². The number of carbonyl (C=O) groups is 2. The highest BCUT2D eigenvalue weighted by atomic mass is 19.3. The molecule has 0 spiro atoms. The van der Waals surface area contributed by atoms with E-state index in [1.54, 1.807) is 6.07 Å². The van der Waals surface area contributed by atoms with Gasteiger partial charge in [-0.25, -0.2) is 13.6 Å². The molecule has 0 aromatic carbocycles. The van der Waals surface area contributed by atoms with E-state index in [-0.39, 0.29) is 19.4 Å². The van der Waals surface area contributed by atoms with Crippen LogP contribution in [0.2, 0.25) is 0 Å². The van der Waals surface area contributed by atoms with Crippen LogP contribution in [0.4, 0.5) is 13.6 Å². The molecule has 8 heteroatoms. The fraction of sp³-hybridized carbons (Fsp3) is 0.700. The highest BCUT2D eigenvalue weighted by Gasteiger charge is 2.46. The first-order valence-electron chi connectivity index (χ1n) is 5.35. The molecule has 1 unspecified atom stereocenters. The summed E-state index contributed by atoms with van der Waals surface area (Å²) in [7, 11) is 0. The minimum atomic E-state index is -3.01. The van der Waals surface area contributed by atoms with Gasteiger partial charge in [-0.05, 0) is 6.42 Å². The molecular weight excluding hydrogens is 248 g/mol. The van der Waals surface area contributed by atoms with Crippen molar-refractivity contribution in [2.75, 3.05) is 13.2 Å². The number of hydrogen-bond acceptors (Lipinski definition) is 4. The fourth-order valence-electron chi connectivity index (χ4n) is 1.73. The van der Waals surface area contributed by atoms with Gasteiger partial charge >= 0.3 is 6.09 Å². The summed E-state index contributed by atoms with van der Waals surface area (Å²) in [6.45, 7) is -0.788. The Hall–Kier alpha value is -1.91. The zero-order valence-corrected chi connectivity index (χ0v) is 9.57. The summed E-state index contributed by atoms with van der Waals surface area (Å²) in [5, 5.41) is 8.70. The Labute approximate surface area is 102 Å². The van der Waals surface area contributed by atoms with E-state index in [9.17, 15) is 18.4 Å². The Bertz CT molecular complexity index is 381. The number of nitrogens with two attached hydrogens (primary N) is 1. The molecule has 0 radical (unpaired) electrons. The van der Waals surface area contributed by atoms with Crippen molar-refractivity contribution in [3.05, 3.63) is 0 Å². The standard InChI is InChI=1S/C10H13F2N3O3/c11-10(12)4-7(5-13)15(6-10)8(16)2-1-3-18-9(14)17/h7H,1-4,6H2,(H2,14,17). The predicted molar refractivity (Wildman–Crippen MR) is 55.4 cm³/mol. The van der Waals surface area contributed by atoms with Gasteiger partial charge in [0.2, 0.25) is 5.91 Å². The van der Waals surface area contributed by atoms with E-state index >= 15 is 0 Å². The topological polar surface area (TPSA) is 96.4 Å². The second-order valence-corrected chi connectivity index (χ2v) is 4.00. The second kappa shape index (κ2) is 5.62. The zero-order chi connectivity index (χ0) is 13.8. The minimum Gasteiger partial charge on any atom is -0.450 e. The van der Waals surface area contributed by atoms with E-state index in [0.29, 0.717) is 0 Å². The molecule has 1 heterocycles. The molecule has 1 aliphatic heterocycles. The number of nitriles is 1. The zero-order valence-electron chi connectivity index (χ0n) is 9.57. The lowest BCUT2D eigenvalue weighted by Crippen LogP contribution is -2.35. The van der Waals surface area contributed by atoms with Gasteiger partial charge in [-0.2, -0.15) is 5.26 Å². The SMILES string of the molecule is N#CC1CC(F)(F)CN1C(=O)CCCOC(N)=O. The summed E-state index contributed by atoms with van der Waals surface area (Å²) in [4.78, 5) is 22.7. The van der Waals surface area contributed by atoms with Gasteiger partial charge in [0.15, 0.2) is 0 Å². The van der Waals surface area contributed by atoms with Gasteiger partial charge in [0.1, 0.15) is 6.04 Å². The Morgan fingerprint density at radius 2 is 2.22 bits per heavy atom. The van der Waals surface area contributed by atoms with Crippen LogP contribution in [0.15, 0.2) is 0 Å². The van der Waals surface area contributed by atoms with Crippen molar-refractivity contribution in [2.24, 2.45) is 5.73 Å². The maximum absolute atomic E-state index is 13.1. The van der Waals surface area contributed by atoms with Crippen molar-refractivity contribution >= 4 is 12.0 Å². The van der Waals surface area contributed by atoms with Gasteiger partial charge in [-0.3, -0.25) is 4.79 Å². The Balaban J connectivity index is 2.42. The number of carbonyl (C=O) groups excluding carboxylic acids is 2. The quantitative estimate of drug-likeness (QED) is 0.750. The number of amides is 2. The molecule has 0 bridgehead atoms. The third-order valence-electron chi connectivity index (χ3n) is 2.52. The van der Waals surface area contributed by atoms with E-state index in [0.717, 1.165) is 4.90 Å². The molecule has 1 rings (SSSR count). The molecular formula is C10H13F2N3O3. The van der Waals surface area contributed by atoms with Crippen molar-refractivity contribution in [2.45, 2.75) is 31.2 Å². The third-order valence-corrected chi connectivity index (χ3v) is 2.52. The van der Waals surface area contributed by atoms with Crippen LogP contribution in [0.25, 0.3) is 0 Å². The first-order valence-corrected chi connectivity index (χ1v) is 5.35. The summed E-state index contributed by atoms with van der Waals surface area (Å²) in [5.41, 5.74) is 4.71. The summed E-state index contributed by atoms with van der Waals surface area (Å²) < 4.78 is 30.5. The molecule has 6 nitrogen and oxygen atoms in total. The maximum Gasteiger partial charge on any atom is 0.404 e. The molecule has 100 valence electrons. The molecule has 1 aliphatic rings. The number of rotatable bonds is 4. The van der Waals surface area contributed by atoms with Crippen LogP contribution in [-0.4, -0.2) is 42.0 Å². The van der Waals surface area contributed by atoms with Gasteiger partial charge in [0, 0.05) is 12.8 Å². The molecule has 1 saturated heterocycles. The van der Waals surface area contributed by atoms with Crippen LogP contribution in [-0.2, 0) is 9.53 Å². The summed E-state index contributed by atoms with van der Waals surface area (Å²) >= 11 is 0. The maximum atomic E-state index is 13.1. The van der Waals surface area contributed by atoms with Crippen molar-refractivity contribution in [1.29, 1.82) is 5.26 Å². The fourth-order valence-corrected chi connectivity index (χ4v) is 1.73. The number of hydrogen-bond donors (Lipinski definition) is 1. The largest absolute Gasteiger partial charge is 0.450 e. The highest BCUT2D eigenvalue weighted by molar-refractivity contribution is 5.77. The van der Waals surface area contributed by atoms with Crippen molar-refractivity contribution in [1.82, 2.24) is 4.90 Å². The first-order chi connectivity index (χ1) is 8.35. The van der Waals surface area contributed by atoms with Crippen LogP contribution in [0.5, 0.6) is 0 Å². The summed E-state index contributed by atoms with van der Waals surface area (Å²) in [6.07, 6.45) is -1.47. The van der Waals surface area contributed by atoms with Crippen molar-refractivity contribution in [3.63, 3.8) is 0 Å². The molecule has 1 fully saturated rings. The molecule has 18 heavy (non-hydrogen) atoms. The number of halogens is 2. The van der Waals surface area contributed by atoms with Gasteiger partial charge in [-0.15, -0.1) is 0 Å². The second-order valence-electron chi connectivity index (χ2n) is 4.00. The number of alkyl halides is 2. The number of likely N-dealkylation sites (tertiary alicyclic amines) is 1. The lowest BCUT2D eigenvalue weighted by atomic mass is 10.2. The molecule has 2 amide bonds. The van der Waals surface area contributed by atoms with Crippen LogP contribution < -0.4 is 5.73 Å². The summed E-state index contributed by atoms with van der Waals surface area (Å²) in [6, 6.07) is 0.586. The van der Waals surface area contributed by atoms with E-state index in [2.05, 4.69) is 4.74 Å². The number of primary amides is 1. The van der Waals surface area contributed by atoms with E-state index < -0.39 is 36.9 Å². The lowest BCUT2D eigenvalue weighted by Gasteiger charge is -2.18. The molecule has 0 aromatic rings. The smallest absolute Gasteiger partial charge is 0.404 e. The molecule has 0 aliphatic carbocycles. The minimum absolute atomic E-state index is 0.0530. The monoisotopic (exact) mass is 261 g/mol. The van der Waals surface area contributed by atoms with Gasteiger partial charge < -0.3 is 15.4 Å². The average molecular weight is 261 g/mol. The number of nitrogens with zero attached hydrogens (tertiary/aromatic N) is 2.